The number of aryl methyl sites for hydroxylation is 2. The van der Waals surface area contributed by atoms with Crippen molar-refractivity contribution in [2.75, 3.05) is 0 Å². The van der Waals surface area contributed by atoms with Crippen LogP contribution in [0.5, 0.6) is 11.5 Å². The summed E-state index contributed by atoms with van der Waals surface area (Å²) in [6.07, 6.45) is 6.39. The molecule has 0 aromatic heterocycles. The molecule has 0 unspecified atom stereocenters. The third kappa shape index (κ3) is 6.76. The summed E-state index contributed by atoms with van der Waals surface area (Å²) in [4.78, 5) is 0. The number of rotatable bonds is 11. The van der Waals surface area contributed by atoms with Gasteiger partial charge in [0, 0.05) is 22.3 Å². The second-order valence-electron chi connectivity index (χ2n) is 11.5. The minimum absolute atomic E-state index is 0.338. The minimum Gasteiger partial charge on any atom is -0.507 e. The fourth-order valence-corrected chi connectivity index (χ4v) is 6.04. The molecule has 0 amide bonds. The highest BCUT2D eigenvalue weighted by atomic mass is 16.3. The van der Waals surface area contributed by atoms with Crippen molar-refractivity contribution in [3.63, 3.8) is 0 Å². The average molecular weight is 575 g/mol. The zero-order chi connectivity index (χ0) is 30.1. The summed E-state index contributed by atoms with van der Waals surface area (Å²) in [6, 6.07) is 49.3. The van der Waals surface area contributed by atoms with Crippen molar-refractivity contribution in [1.82, 2.24) is 0 Å². The van der Waals surface area contributed by atoms with Crippen molar-refractivity contribution in [2.24, 2.45) is 0 Å². The maximum Gasteiger partial charge on any atom is 0.131 e. The Bertz CT molecular complexity index is 1540. The summed E-state index contributed by atoms with van der Waals surface area (Å²) >= 11 is 0. The lowest BCUT2D eigenvalue weighted by Gasteiger charge is -2.15. The van der Waals surface area contributed by atoms with Crippen LogP contribution in [0, 0.1) is 0 Å². The topological polar surface area (TPSA) is 40.5 Å². The molecule has 6 rings (SSSR count). The van der Waals surface area contributed by atoms with Gasteiger partial charge in [-0.25, -0.2) is 0 Å². The standard InChI is InChI=1S/C42H38O2/c43-41-37(33-19-9-3-10-20-33)27-31(28-38(41)34-21-11-4-12-22-34)17-7-1-2-8-18-32-29-39(35-23-13-5-14-24-35)42(44)40(30-32)36-25-15-6-16-26-36/h3-6,9-16,19-30,43-44H,1-2,7-8,17-18H2. The van der Waals surface area contributed by atoms with Gasteiger partial charge in [0.15, 0.2) is 0 Å². The highest BCUT2D eigenvalue weighted by Gasteiger charge is 2.15. The summed E-state index contributed by atoms with van der Waals surface area (Å²) in [5.41, 5.74) is 10.2. The van der Waals surface area contributed by atoms with E-state index in [1.807, 2.05) is 72.8 Å². The molecule has 2 N–H and O–H groups in total. The fraction of sp³-hybridized carbons (Fsp3) is 0.143. The molecule has 0 aliphatic heterocycles. The molecule has 0 bridgehead atoms. The van der Waals surface area contributed by atoms with Gasteiger partial charge in [-0.15, -0.1) is 0 Å². The van der Waals surface area contributed by atoms with Crippen molar-refractivity contribution in [3.05, 3.63) is 157 Å². The molecule has 218 valence electrons. The molecule has 2 nitrogen and oxygen atoms in total. The third-order valence-corrected chi connectivity index (χ3v) is 8.36. The lowest BCUT2D eigenvalue weighted by atomic mass is 9.92. The van der Waals surface area contributed by atoms with E-state index in [1.165, 1.54) is 11.1 Å². The van der Waals surface area contributed by atoms with Gasteiger partial charge < -0.3 is 10.2 Å². The summed E-state index contributed by atoms with van der Waals surface area (Å²) in [7, 11) is 0. The van der Waals surface area contributed by atoms with Gasteiger partial charge in [0.05, 0.1) is 0 Å². The van der Waals surface area contributed by atoms with Crippen molar-refractivity contribution in [3.8, 4) is 56.0 Å². The van der Waals surface area contributed by atoms with E-state index >= 15 is 0 Å². The monoisotopic (exact) mass is 574 g/mol. The smallest absolute Gasteiger partial charge is 0.131 e. The molecule has 44 heavy (non-hydrogen) atoms. The predicted octanol–water partition coefficient (Wildman–Crippen LogP) is 11.1. The lowest BCUT2D eigenvalue weighted by molar-refractivity contribution is 0.478. The quantitative estimate of drug-likeness (QED) is 0.151. The molecule has 0 fully saturated rings. The molecule has 0 aliphatic carbocycles. The molecule has 0 spiro atoms. The van der Waals surface area contributed by atoms with Gasteiger partial charge in [-0.2, -0.15) is 0 Å². The van der Waals surface area contributed by atoms with E-state index in [2.05, 4.69) is 72.8 Å². The van der Waals surface area contributed by atoms with Gasteiger partial charge in [0.1, 0.15) is 11.5 Å². The van der Waals surface area contributed by atoms with Gasteiger partial charge in [0.25, 0.3) is 0 Å². The molecule has 0 radical (unpaired) electrons. The summed E-state index contributed by atoms with van der Waals surface area (Å²) in [6.45, 7) is 0. The van der Waals surface area contributed by atoms with Crippen LogP contribution < -0.4 is 0 Å². The predicted molar refractivity (Wildman–Crippen MR) is 184 cm³/mol. The maximum absolute atomic E-state index is 11.3. The van der Waals surface area contributed by atoms with Gasteiger partial charge in [0.2, 0.25) is 0 Å². The lowest BCUT2D eigenvalue weighted by Crippen LogP contribution is -1.93. The summed E-state index contributed by atoms with van der Waals surface area (Å²) in [5.74, 6) is 0.676. The zero-order valence-corrected chi connectivity index (χ0v) is 25.0. The Labute approximate surface area is 260 Å². The highest BCUT2D eigenvalue weighted by molar-refractivity contribution is 5.84. The Morgan fingerprint density at radius 3 is 0.818 bits per heavy atom. The number of hydrogen-bond acceptors (Lipinski definition) is 2. The Balaban J connectivity index is 1.14. The van der Waals surface area contributed by atoms with E-state index in [4.69, 9.17) is 0 Å². The van der Waals surface area contributed by atoms with Gasteiger partial charge in [-0.05, 0) is 83.3 Å². The van der Waals surface area contributed by atoms with Crippen LogP contribution in [-0.4, -0.2) is 10.2 Å². The van der Waals surface area contributed by atoms with E-state index in [1.54, 1.807) is 0 Å². The van der Waals surface area contributed by atoms with Crippen molar-refractivity contribution in [2.45, 2.75) is 38.5 Å². The molecule has 0 atom stereocenters. The maximum atomic E-state index is 11.3. The van der Waals surface area contributed by atoms with Crippen LogP contribution in [0.3, 0.4) is 0 Å². The minimum atomic E-state index is 0.338. The van der Waals surface area contributed by atoms with Crippen LogP contribution in [0.1, 0.15) is 36.8 Å². The molecule has 0 heterocycles. The van der Waals surface area contributed by atoms with Crippen LogP contribution in [0.15, 0.2) is 146 Å². The molecular weight excluding hydrogens is 536 g/mol. The van der Waals surface area contributed by atoms with Crippen molar-refractivity contribution < 1.29 is 10.2 Å². The van der Waals surface area contributed by atoms with Crippen LogP contribution in [-0.2, 0) is 12.8 Å². The number of benzene rings is 6. The first-order valence-electron chi connectivity index (χ1n) is 15.6. The van der Waals surface area contributed by atoms with Crippen LogP contribution in [0.2, 0.25) is 0 Å². The summed E-state index contributed by atoms with van der Waals surface area (Å²) in [5, 5.41) is 22.5. The third-order valence-electron chi connectivity index (χ3n) is 8.36. The molecule has 0 saturated carbocycles. The largest absolute Gasteiger partial charge is 0.507 e. The first kappa shape index (κ1) is 29.0. The van der Waals surface area contributed by atoms with E-state index in [-0.39, 0.29) is 0 Å². The van der Waals surface area contributed by atoms with Crippen LogP contribution in [0.25, 0.3) is 44.5 Å². The summed E-state index contributed by atoms with van der Waals surface area (Å²) < 4.78 is 0. The Hall–Kier alpha value is -5.08. The van der Waals surface area contributed by atoms with E-state index in [0.29, 0.717) is 11.5 Å². The first-order chi connectivity index (χ1) is 21.7. The highest BCUT2D eigenvalue weighted by Crippen LogP contribution is 2.41. The van der Waals surface area contributed by atoms with Crippen LogP contribution in [0.4, 0.5) is 0 Å². The normalized spacial score (nSPS) is 11.0. The van der Waals surface area contributed by atoms with Gasteiger partial charge in [-0.1, -0.05) is 134 Å². The number of unbranched alkanes of at least 4 members (excludes halogenated alkanes) is 3. The van der Waals surface area contributed by atoms with Crippen molar-refractivity contribution in [1.29, 1.82) is 0 Å². The fourth-order valence-electron chi connectivity index (χ4n) is 6.04. The SMILES string of the molecule is Oc1c(-c2ccccc2)cc(CCCCCCc2cc(-c3ccccc3)c(O)c(-c3ccccc3)c2)cc1-c1ccccc1. The number of phenols is 2. The Morgan fingerprint density at radius 1 is 0.318 bits per heavy atom. The Kier molecular flexibility index (Phi) is 9.18. The first-order valence-corrected chi connectivity index (χ1v) is 15.6. The molecule has 6 aromatic carbocycles. The van der Waals surface area contributed by atoms with E-state index < -0.39 is 0 Å². The Morgan fingerprint density at radius 2 is 0.568 bits per heavy atom. The zero-order valence-electron chi connectivity index (χ0n) is 25.0. The van der Waals surface area contributed by atoms with Gasteiger partial charge >= 0.3 is 0 Å². The molecule has 6 aromatic rings. The van der Waals surface area contributed by atoms with Gasteiger partial charge in [-0.3, -0.25) is 0 Å². The molecule has 2 heteroatoms. The van der Waals surface area contributed by atoms with E-state index in [9.17, 15) is 10.2 Å². The van der Waals surface area contributed by atoms with E-state index in [0.717, 1.165) is 83.0 Å². The average Bonchev–Trinajstić information content (AvgIpc) is 3.09. The number of hydrogen-bond donors (Lipinski definition) is 2. The molecule has 0 aliphatic rings. The van der Waals surface area contributed by atoms with Crippen molar-refractivity contribution >= 4 is 0 Å². The second-order valence-corrected chi connectivity index (χ2v) is 11.5. The van der Waals surface area contributed by atoms with Crippen LogP contribution >= 0.6 is 0 Å². The number of aromatic hydroxyl groups is 2. The number of phenolic OH excluding ortho intramolecular Hbond substituents is 2. The molecule has 0 saturated heterocycles. The second kappa shape index (κ2) is 13.9. The molecular formula is C42H38O2.